The van der Waals surface area contributed by atoms with Gasteiger partial charge in [-0.15, -0.1) is 0 Å². The highest BCUT2D eigenvalue weighted by atomic mass is 28.1. The lowest BCUT2D eigenvalue weighted by molar-refractivity contribution is 0.884. The molecule has 0 saturated heterocycles. The van der Waals surface area contributed by atoms with Gasteiger partial charge >= 0.3 is 0 Å². The van der Waals surface area contributed by atoms with Gasteiger partial charge in [0.25, 0.3) is 0 Å². The molecule has 1 heteroatoms. The van der Waals surface area contributed by atoms with Crippen LogP contribution in [0.2, 0.25) is 6.04 Å². The Morgan fingerprint density at radius 2 is 2.20 bits per heavy atom. The normalized spacial score (nSPS) is 8.40. The van der Waals surface area contributed by atoms with Gasteiger partial charge in [-0.2, -0.15) is 0 Å². The Bertz CT molecular complexity index is 11.1. The predicted octanol–water partition coefficient (Wildman–Crippen LogP) is 1.37. The monoisotopic (exact) mass is 85.0 g/mol. The van der Waals surface area contributed by atoms with E-state index in [4.69, 9.17) is 0 Å². The fraction of sp³-hybridized carbons (Fsp3) is 1.00. The first-order chi connectivity index (χ1) is 2.41. The molecular formula is C4H9Si. The van der Waals surface area contributed by atoms with Gasteiger partial charge in [-0.05, 0) is 0 Å². The molecule has 0 heterocycles. The van der Waals surface area contributed by atoms with Gasteiger partial charge in [-0.1, -0.05) is 25.8 Å². The second-order valence-electron chi connectivity index (χ2n) is 1.10. The van der Waals surface area contributed by atoms with E-state index in [1.165, 1.54) is 12.8 Å². The van der Waals surface area contributed by atoms with Crippen LogP contribution < -0.4 is 0 Å². The Morgan fingerprint density at radius 1 is 1.60 bits per heavy atom. The second kappa shape index (κ2) is 4.22. The van der Waals surface area contributed by atoms with Gasteiger partial charge in [0.15, 0.2) is 0 Å². The largest absolute Gasteiger partial charge is 0.0654 e. The van der Waals surface area contributed by atoms with Crippen LogP contribution in [0.3, 0.4) is 0 Å². The summed E-state index contributed by atoms with van der Waals surface area (Å²) in [5, 5.41) is 0. The fourth-order valence-electron chi connectivity index (χ4n) is 0.177. The minimum Gasteiger partial charge on any atom is -0.0654 e. The van der Waals surface area contributed by atoms with E-state index in [-0.39, 0.29) is 0 Å². The van der Waals surface area contributed by atoms with Gasteiger partial charge in [0, 0.05) is 10.2 Å². The highest BCUT2D eigenvalue weighted by Gasteiger charge is 1.68. The van der Waals surface area contributed by atoms with Gasteiger partial charge in [0.05, 0.1) is 0 Å². The molecule has 0 atom stereocenters. The van der Waals surface area contributed by atoms with Gasteiger partial charge in [-0.25, -0.2) is 0 Å². The molecule has 0 saturated carbocycles. The first kappa shape index (κ1) is 5.22. The standard InChI is InChI=1S/C4H9Si/c1-2-3-4-5/h2-4H2,1H3. The number of hydrogen-bond acceptors (Lipinski definition) is 0. The van der Waals surface area contributed by atoms with Crippen LogP contribution in [0.4, 0.5) is 0 Å². The summed E-state index contributed by atoms with van der Waals surface area (Å²) in [4.78, 5) is 0. The van der Waals surface area contributed by atoms with Gasteiger partial charge in [0.1, 0.15) is 0 Å². The van der Waals surface area contributed by atoms with E-state index in [9.17, 15) is 0 Å². The SMILES string of the molecule is CCCC[Si]. The highest BCUT2D eigenvalue weighted by Crippen LogP contribution is 1.86. The zero-order chi connectivity index (χ0) is 4.12. The smallest absolute Gasteiger partial charge is 0.0222 e. The average molecular weight is 85.2 g/mol. The van der Waals surface area contributed by atoms with Crippen LogP contribution >= 0.6 is 0 Å². The third-order valence-electron chi connectivity index (χ3n) is 0.530. The summed E-state index contributed by atoms with van der Waals surface area (Å²) < 4.78 is 0. The molecule has 0 aromatic rings. The molecule has 3 radical (unpaired) electrons. The Labute approximate surface area is 37.0 Å². The molecule has 0 spiro atoms. The summed E-state index contributed by atoms with van der Waals surface area (Å²) in [5.41, 5.74) is 0. The lowest BCUT2D eigenvalue weighted by Gasteiger charge is -1.78. The third kappa shape index (κ3) is 4.22. The van der Waals surface area contributed by atoms with Crippen molar-refractivity contribution in [1.82, 2.24) is 0 Å². The summed E-state index contributed by atoms with van der Waals surface area (Å²) in [6.07, 6.45) is 2.60. The molecule has 0 aromatic carbocycles. The van der Waals surface area contributed by atoms with Crippen molar-refractivity contribution in [2.75, 3.05) is 0 Å². The zero-order valence-electron chi connectivity index (χ0n) is 3.62. The van der Waals surface area contributed by atoms with E-state index < -0.39 is 0 Å². The molecule has 0 aromatic heterocycles. The zero-order valence-corrected chi connectivity index (χ0v) is 4.62. The first-order valence-electron chi connectivity index (χ1n) is 2.06. The van der Waals surface area contributed by atoms with Crippen molar-refractivity contribution in [3.8, 4) is 0 Å². The van der Waals surface area contributed by atoms with Gasteiger partial charge in [-0.3, -0.25) is 0 Å². The van der Waals surface area contributed by atoms with Crippen molar-refractivity contribution >= 4 is 10.2 Å². The molecule has 0 nitrogen and oxygen atoms in total. The highest BCUT2D eigenvalue weighted by molar-refractivity contribution is 6.08. The predicted molar refractivity (Wildman–Crippen MR) is 25.5 cm³/mol. The number of unbranched alkanes of at least 4 members (excludes halogenated alkanes) is 1. The molecule has 0 N–H and O–H groups in total. The molecule has 0 aliphatic rings. The molecular weight excluding hydrogens is 76.1 g/mol. The first-order valence-corrected chi connectivity index (χ1v) is 2.77. The summed E-state index contributed by atoms with van der Waals surface area (Å²) in [5.74, 6) is 0. The maximum Gasteiger partial charge on any atom is 0.0222 e. The van der Waals surface area contributed by atoms with E-state index in [0.717, 1.165) is 6.04 Å². The molecule has 0 aliphatic carbocycles. The molecule has 5 heavy (non-hydrogen) atoms. The minimum absolute atomic E-state index is 1.15. The van der Waals surface area contributed by atoms with E-state index >= 15 is 0 Å². The summed E-state index contributed by atoms with van der Waals surface area (Å²) in [7, 11) is 3.35. The summed E-state index contributed by atoms with van der Waals surface area (Å²) >= 11 is 0. The van der Waals surface area contributed by atoms with Crippen LogP contribution in [-0.2, 0) is 0 Å². The Morgan fingerprint density at radius 3 is 2.20 bits per heavy atom. The van der Waals surface area contributed by atoms with Gasteiger partial charge in [0.2, 0.25) is 0 Å². The quantitative estimate of drug-likeness (QED) is 0.444. The molecule has 0 rings (SSSR count). The minimum atomic E-state index is 1.15. The van der Waals surface area contributed by atoms with E-state index in [1.54, 1.807) is 0 Å². The maximum absolute atomic E-state index is 3.35. The lowest BCUT2D eigenvalue weighted by atomic mass is 10.4. The summed E-state index contributed by atoms with van der Waals surface area (Å²) in [6.45, 7) is 2.18. The molecule has 0 unspecified atom stereocenters. The van der Waals surface area contributed by atoms with Crippen LogP contribution in [0, 0.1) is 0 Å². The van der Waals surface area contributed by atoms with Crippen molar-refractivity contribution in [1.29, 1.82) is 0 Å². The number of hydrogen-bond donors (Lipinski definition) is 0. The van der Waals surface area contributed by atoms with E-state index in [0.29, 0.717) is 0 Å². The third-order valence-corrected chi connectivity index (χ3v) is 0.884. The van der Waals surface area contributed by atoms with Crippen molar-refractivity contribution in [3.05, 3.63) is 0 Å². The Kier molecular flexibility index (Phi) is 4.40. The lowest BCUT2D eigenvalue weighted by Crippen LogP contribution is -1.63. The molecule has 29 valence electrons. The van der Waals surface area contributed by atoms with Crippen LogP contribution in [0.5, 0.6) is 0 Å². The molecule has 0 bridgehead atoms. The van der Waals surface area contributed by atoms with E-state index in [2.05, 4.69) is 17.2 Å². The Hall–Kier alpha value is 0.217. The van der Waals surface area contributed by atoms with Crippen molar-refractivity contribution in [2.24, 2.45) is 0 Å². The maximum atomic E-state index is 3.35. The Balaban J connectivity index is 2.19. The van der Waals surface area contributed by atoms with E-state index in [1.807, 2.05) is 0 Å². The average Bonchev–Trinajstić information content (AvgIpc) is 1.41. The topological polar surface area (TPSA) is 0 Å². The van der Waals surface area contributed by atoms with Gasteiger partial charge < -0.3 is 0 Å². The van der Waals surface area contributed by atoms with Crippen molar-refractivity contribution < 1.29 is 0 Å². The van der Waals surface area contributed by atoms with Crippen LogP contribution in [0.1, 0.15) is 19.8 Å². The van der Waals surface area contributed by atoms with Crippen LogP contribution in [0.25, 0.3) is 0 Å². The fourth-order valence-corrected chi connectivity index (χ4v) is 0.530. The summed E-state index contributed by atoms with van der Waals surface area (Å²) in [6, 6.07) is 1.15. The number of rotatable bonds is 2. The second-order valence-corrected chi connectivity index (χ2v) is 1.60. The molecule has 0 amide bonds. The molecule has 0 aliphatic heterocycles. The van der Waals surface area contributed by atoms with Crippen LogP contribution in [0.15, 0.2) is 0 Å². The molecule has 0 fully saturated rings. The van der Waals surface area contributed by atoms with Crippen LogP contribution in [-0.4, -0.2) is 10.2 Å². The van der Waals surface area contributed by atoms with Crippen molar-refractivity contribution in [3.63, 3.8) is 0 Å². The van der Waals surface area contributed by atoms with Crippen molar-refractivity contribution in [2.45, 2.75) is 25.8 Å².